The molecule has 0 spiro atoms. The highest BCUT2D eigenvalue weighted by atomic mass is 32.1. The van der Waals surface area contributed by atoms with Crippen LogP contribution in [-0.2, 0) is 4.79 Å². The van der Waals surface area contributed by atoms with Crippen molar-refractivity contribution in [2.24, 2.45) is 5.73 Å². The summed E-state index contributed by atoms with van der Waals surface area (Å²) >= 11 is 4.80. The summed E-state index contributed by atoms with van der Waals surface area (Å²) in [5, 5.41) is 1.81. The minimum atomic E-state index is -4.41. The molecule has 20 heavy (non-hydrogen) atoms. The lowest BCUT2D eigenvalue weighted by Gasteiger charge is -2.19. The van der Waals surface area contributed by atoms with Crippen LogP contribution >= 0.6 is 12.2 Å². The van der Waals surface area contributed by atoms with Crippen LogP contribution < -0.4 is 16.0 Å². The number of thiocarbonyl (C=S) groups is 1. The Balaban J connectivity index is 2.55. The van der Waals surface area contributed by atoms with Gasteiger partial charge in [0.05, 0.1) is 6.54 Å². The van der Waals surface area contributed by atoms with E-state index in [1.807, 2.05) is 0 Å². The molecule has 0 aliphatic rings. The van der Waals surface area contributed by atoms with Crippen molar-refractivity contribution in [1.82, 2.24) is 5.32 Å². The zero-order valence-electron chi connectivity index (χ0n) is 10.7. The summed E-state index contributed by atoms with van der Waals surface area (Å²) in [6.45, 7) is -1.51. The molecule has 1 aromatic rings. The Morgan fingerprint density at radius 2 is 1.90 bits per heavy atom. The molecule has 1 aromatic carbocycles. The molecule has 0 aliphatic heterocycles. The van der Waals surface area contributed by atoms with E-state index in [0.717, 1.165) is 0 Å². The highest BCUT2D eigenvalue weighted by molar-refractivity contribution is 7.80. The number of hydrogen-bond acceptors (Lipinski definition) is 3. The lowest BCUT2D eigenvalue weighted by atomic mass is 10.2. The van der Waals surface area contributed by atoms with Crippen LogP contribution in [0.25, 0.3) is 0 Å². The van der Waals surface area contributed by atoms with Gasteiger partial charge in [-0.15, -0.1) is 0 Å². The van der Waals surface area contributed by atoms with Crippen molar-refractivity contribution < 1.29 is 18.0 Å². The molecule has 1 rings (SSSR count). The molecular formula is C12H14F3N3OS. The average Bonchev–Trinajstić information content (AvgIpc) is 2.35. The van der Waals surface area contributed by atoms with E-state index in [-0.39, 0.29) is 11.5 Å². The van der Waals surface area contributed by atoms with Crippen molar-refractivity contribution in [2.45, 2.75) is 6.18 Å². The molecule has 3 N–H and O–H groups in total. The molecule has 1 amide bonds. The smallest absolute Gasteiger partial charge is 0.389 e. The van der Waals surface area contributed by atoms with Gasteiger partial charge >= 0.3 is 6.18 Å². The van der Waals surface area contributed by atoms with Crippen LogP contribution in [0.5, 0.6) is 0 Å². The van der Waals surface area contributed by atoms with E-state index in [0.29, 0.717) is 11.3 Å². The van der Waals surface area contributed by atoms with Crippen LogP contribution in [0.4, 0.5) is 18.9 Å². The Morgan fingerprint density at radius 3 is 2.35 bits per heavy atom. The highest BCUT2D eigenvalue weighted by Gasteiger charge is 2.27. The number of carbonyl (C=O) groups is 1. The maximum Gasteiger partial charge on any atom is 0.405 e. The van der Waals surface area contributed by atoms with Crippen molar-refractivity contribution in [3.05, 3.63) is 29.8 Å². The van der Waals surface area contributed by atoms with E-state index in [9.17, 15) is 18.0 Å². The number of nitrogens with one attached hydrogen (secondary N) is 1. The first-order valence-electron chi connectivity index (χ1n) is 5.63. The molecular weight excluding hydrogens is 291 g/mol. The number of halogens is 3. The number of carbonyl (C=O) groups excluding carboxylic acids is 1. The lowest BCUT2D eigenvalue weighted by Crippen LogP contribution is -2.39. The second-order valence-electron chi connectivity index (χ2n) is 4.16. The first kappa shape index (κ1) is 16.2. The summed E-state index contributed by atoms with van der Waals surface area (Å²) in [7, 11) is 1.60. The van der Waals surface area contributed by atoms with E-state index in [1.54, 1.807) is 36.6 Å². The molecule has 110 valence electrons. The molecule has 0 bridgehead atoms. The van der Waals surface area contributed by atoms with Crippen molar-refractivity contribution in [3.8, 4) is 0 Å². The predicted octanol–water partition coefficient (Wildman–Crippen LogP) is 1.44. The van der Waals surface area contributed by atoms with Gasteiger partial charge in [0.15, 0.2) is 0 Å². The Bertz CT molecular complexity index is 488. The fourth-order valence-corrected chi connectivity index (χ4v) is 1.58. The number of anilines is 1. The van der Waals surface area contributed by atoms with Crippen LogP contribution in [0.1, 0.15) is 5.56 Å². The number of rotatable bonds is 5. The van der Waals surface area contributed by atoms with Crippen molar-refractivity contribution in [1.29, 1.82) is 0 Å². The van der Waals surface area contributed by atoms with E-state index in [4.69, 9.17) is 18.0 Å². The summed E-state index contributed by atoms with van der Waals surface area (Å²) in [5.74, 6) is -0.705. The van der Waals surface area contributed by atoms with Crippen molar-refractivity contribution in [2.75, 3.05) is 25.0 Å². The first-order valence-corrected chi connectivity index (χ1v) is 6.04. The number of likely N-dealkylation sites (N-methyl/N-ethyl adjacent to an activating group) is 1. The molecule has 0 atom stereocenters. The topological polar surface area (TPSA) is 58.4 Å². The number of amides is 1. The van der Waals surface area contributed by atoms with Gasteiger partial charge in [-0.2, -0.15) is 13.2 Å². The summed E-state index contributed by atoms with van der Waals surface area (Å²) in [4.78, 5) is 13.1. The van der Waals surface area contributed by atoms with Gasteiger partial charge in [-0.1, -0.05) is 12.2 Å². The molecule has 0 unspecified atom stereocenters. The van der Waals surface area contributed by atoms with Gasteiger partial charge in [-0.05, 0) is 24.3 Å². The van der Waals surface area contributed by atoms with E-state index >= 15 is 0 Å². The molecule has 0 saturated carbocycles. The average molecular weight is 305 g/mol. The van der Waals surface area contributed by atoms with Crippen LogP contribution in [-0.4, -0.2) is 37.2 Å². The molecule has 8 heteroatoms. The molecule has 0 aromatic heterocycles. The van der Waals surface area contributed by atoms with E-state index in [2.05, 4.69) is 0 Å². The zero-order chi connectivity index (χ0) is 15.3. The monoisotopic (exact) mass is 305 g/mol. The third kappa shape index (κ3) is 5.43. The SMILES string of the molecule is CN(CC(=O)NCC(F)(F)F)c1ccc(C(N)=S)cc1. The molecule has 0 saturated heterocycles. The molecule has 0 fully saturated rings. The summed E-state index contributed by atoms with van der Waals surface area (Å²) in [6, 6.07) is 6.74. The van der Waals surface area contributed by atoms with Crippen molar-refractivity contribution in [3.63, 3.8) is 0 Å². The number of alkyl halides is 3. The fourth-order valence-electron chi connectivity index (χ4n) is 1.44. The van der Waals surface area contributed by atoms with Gasteiger partial charge in [-0.25, -0.2) is 0 Å². The molecule has 0 heterocycles. The summed E-state index contributed by atoms with van der Waals surface area (Å²) < 4.78 is 35.8. The van der Waals surface area contributed by atoms with Crippen LogP contribution in [0, 0.1) is 0 Å². The van der Waals surface area contributed by atoms with Gasteiger partial charge in [0.1, 0.15) is 11.5 Å². The molecule has 4 nitrogen and oxygen atoms in total. The Kier molecular flexibility index (Phi) is 5.32. The molecule has 0 aliphatic carbocycles. The number of hydrogen-bond donors (Lipinski definition) is 2. The van der Waals surface area contributed by atoms with Gasteiger partial charge in [0, 0.05) is 18.3 Å². The Hall–Kier alpha value is -1.83. The van der Waals surface area contributed by atoms with Crippen molar-refractivity contribution >= 4 is 28.8 Å². The standard InChI is InChI=1S/C12H14F3N3OS/c1-18(6-10(19)17-7-12(13,14)15)9-4-2-8(3-5-9)11(16)20/h2-5H,6-7H2,1H3,(H2,16,20)(H,17,19). The van der Waals surface area contributed by atoms with Gasteiger partial charge in [-0.3, -0.25) is 4.79 Å². The fraction of sp³-hybridized carbons (Fsp3) is 0.333. The normalized spacial score (nSPS) is 11.0. The quantitative estimate of drug-likeness (QED) is 0.808. The van der Waals surface area contributed by atoms with Gasteiger partial charge in [0.2, 0.25) is 5.91 Å². The minimum absolute atomic E-state index is 0.178. The number of benzene rings is 1. The maximum atomic E-state index is 11.9. The predicted molar refractivity (Wildman–Crippen MR) is 74.7 cm³/mol. The van der Waals surface area contributed by atoms with E-state index in [1.165, 1.54) is 4.90 Å². The first-order chi connectivity index (χ1) is 9.19. The molecule has 0 radical (unpaired) electrons. The third-order valence-electron chi connectivity index (χ3n) is 2.46. The number of nitrogens with zero attached hydrogens (tertiary/aromatic N) is 1. The second kappa shape index (κ2) is 6.56. The Labute approximate surface area is 119 Å². The van der Waals surface area contributed by atoms with Crippen LogP contribution in [0.3, 0.4) is 0 Å². The Morgan fingerprint density at radius 1 is 1.35 bits per heavy atom. The largest absolute Gasteiger partial charge is 0.405 e. The highest BCUT2D eigenvalue weighted by Crippen LogP contribution is 2.14. The summed E-state index contributed by atoms with van der Waals surface area (Å²) in [5.41, 5.74) is 6.80. The minimum Gasteiger partial charge on any atom is -0.389 e. The zero-order valence-corrected chi connectivity index (χ0v) is 11.5. The maximum absolute atomic E-state index is 11.9. The van der Waals surface area contributed by atoms with Crippen LogP contribution in [0.15, 0.2) is 24.3 Å². The van der Waals surface area contributed by atoms with Gasteiger partial charge in [0.25, 0.3) is 0 Å². The number of nitrogens with two attached hydrogens (primary N) is 1. The summed E-state index contributed by atoms with van der Waals surface area (Å²) in [6.07, 6.45) is -4.41. The lowest BCUT2D eigenvalue weighted by molar-refractivity contribution is -0.137. The van der Waals surface area contributed by atoms with Gasteiger partial charge < -0.3 is 16.0 Å². The third-order valence-corrected chi connectivity index (χ3v) is 2.70. The van der Waals surface area contributed by atoms with E-state index < -0.39 is 18.6 Å². The second-order valence-corrected chi connectivity index (χ2v) is 4.60. The van der Waals surface area contributed by atoms with Crippen LogP contribution in [0.2, 0.25) is 0 Å².